The summed E-state index contributed by atoms with van der Waals surface area (Å²) in [7, 11) is 0.289. The minimum Gasteiger partial charge on any atom is -0.377 e. The molecule has 1 aromatic carbocycles. The van der Waals surface area contributed by atoms with Crippen molar-refractivity contribution in [1.82, 2.24) is 14.5 Å². The molecule has 1 unspecified atom stereocenters. The maximum atomic E-state index is 12.5. The minimum atomic E-state index is -3.51. The van der Waals surface area contributed by atoms with Crippen molar-refractivity contribution in [2.75, 3.05) is 25.5 Å². The van der Waals surface area contributed by atoms with E-state index in [1.165, 1.54) is 0 Å². The second kappa shape index (κ2) is 7.14. The van der Waals surface area contributed by atoms with Gasteiger partial charge in [-0.3, -0.25) is 4.68 Å². The molecule has 7 heteroatoms. The van der Waals surface area contributed by atoms with Crippen LogP contribution >= 0.6 is 0 Å². The van der Waals surface area contributed by atoms with Gasteiger partial charge in [0.15, 0.2) is 0 Å². The summed E-state index contributed by atoms with van der Waals surface area (Å²) >= 11 is 0. The number of hydrogen-bond donors (Lipinski definition) is 1. The molecule has 0 fully saturated rings. The zero-order valence-corrected chi connectivity index (χ0v) is 14.8. The summed E-state index contributed by atoms with van der Waals surface area (Å²) in [4.78, 5) is 2.20. The number of anilines is 1. The first-order chi connectivity index (χ1) is 10.8. The summed E-state index contributed by atoms with van der Waals surface area (Å²) in [6.07, 6.45) is 3.58. The zero-order valence-electron chi connectivity index (χ0n) is 14.0. The van der Waals surface area contributed by atoms with E-state index >= 15 is 0 Å². The van der Waals surface area contributed by atoms with Crippen LogP contribution in [0.1, 0.15) is 12.5 Å². The van der Waals surface area contributed by atoms with Gasteiger partial charge in [-0.05, 0) is 36.6 Å². The highest BCUT2D eigenvalue weighted by molar-refractivity contribution is 7.89. The first-order valence-corrected chi connectivity index (χ1v) is 9.03. The molecule has 0 saturated heterocycles. The van der Waals surface area contributed by atoms with Crippen LogP contribution in [0.15, 0.2) is 41.6 Å². The highest BCUT2D eigenvalue weighted by Crippen LogP contribution is 2.22. The predicted octanol–water partition coefficient (Wildman–Crippen LogP) is 1.87. The molecule has 1 aromatic heterocycles. The van der Waals surface area contributed by atoms with Gasteiger partial charge in [0.2, 0.25) is 10.0 Å². The Bertz CT molecular complexity index is 739. The largest absolute Gasteiger partial charge is 0.377 e. The first-order valence-electron chi connectivity index (χ1n) is 7.54. The molecule has 6 nitrogen and oxygen atoms in total. The van der Waals surface area contributed by atoms with Gasteiger partial charge in [-0.25, -0.2) is 13.1 Å². The van der Waals surface area contributed by atoms with Gasteiger partial charge >= 0.3 is 0 Å². The summed E-state index contributed by atoms with van der Waals surface area (Å²) in [5.41, 5.74) is 1.94. The summed E-state index contributed by atoms with van der Waals surface area (Å²) in [6.45, 7) is 5.00. The Kier molecular flexibility index (Phi) is 5.43. The molecule has 126 valence electrons. The van der Waals surface area contributed by atoms with Gasteiger partial charge in [-0.2, -0.15) is 5.10 Å². The topological polar surface area (TPSA) is 67.2 Å². The molecule has 0 radical (unpaired) electrons. The number of nitrogens with zero attached hydrogens (tertiary/aromatic N) is 3. The second-order valence-corrected chi connectivity index (χ2v) is 7.79. The molecule has 0 aliphatic carbocycles. The third-order valence-corrected chi connectivity index (χ3v) is 5.07. The molecule has 0 spiro atoms. The fourth-order valence-electron chi connectivity index (χ4n) is 2.37. The van der Waals surface area contributed by atoms with Crippen LogP contribution in [-0.2, 0) is 16.6 Å². The van der Waals surface area contributed by atoms with Crippen molar-refractivity contribution in [2.24, 2.45) is 5.92 Å². The number of sulfonamides is 1. The predicted molar refractivity (Wildman–Crippen MR) is 92.1 cm³/mol. The summed E-state index contributed by atoms with van der Waals surface area (Å²) in [6, 6.07) is 7.03. The van der Waals surface area contributed by atoms with Gasteiger partial charge in [0.25, 0.3) is 0 Å². The van der Waals surface area contributed by atoms with Crippen molar-refractivity contribution in [3.63, 3.8) is 0 Å². The van der Waals surface area contributed by atoms with Crippen molar-refractivity contribution in [3.8, 4) is 0 Å². The highest BCUT2D eigenvalue weighted by atomic mass is 32.2. The van der Waals surface area contributed by atoms with Crippen LogP contribution in [0.25, 0.3) is 0 Å². The molecule has 0 aliphatic rings. The third kappa shape index (κ3) is 4.56. The fourth-order valence-corrected chi connectivity index (χ4v) is 3.55. The van der Waals surface area contributed by atoms with Gasteiger partial charge in [-0.1, -0.05) is 13.0 Å². The fraction of sp³-hybridized carbons (Fsp3) is 0.438. The van der Waals surface area contributed by atoms with Gasteiger partial charge in [0.05, 0.1) is 4.90 Å². The Hall–Kier alpha value is -1.86. The molecule has 1 heterocycles. The molecule has 1 atom stereocenters. The SMILES string of the molecule is Cc1ccc(S(=O)(=O)NCC(C)Cn2cccn2)cc1N(C)C. The lowest BCUT2D eigenvalue weighted by atomic mass is 10.2. The number of nitrogens with one attached hydrogen (secondary N) is 1. The normalized spacial score (nSPS) is 13.0. The monoisotopic (exact) mass is 336 g/mol. The average Bonchev–Trinajstić information content (AvgIpc) is 2.98. The average molecular weight is 336 g/mol. The smallest absolute Gasteiger partial charge is 0.240 e. The molecule has 0 saturated carbocycles. The lowest BCUT2D eigenvalue weighted by Crippen LogP contribution is -2.30. The standard InChI is InChI=1S/C16H24N4O2S/c1-13(12-20-9-5-8-17-20)11-18-23(21,22)15-7-6-14(2)16(10-15)19(3)4/h5-10,13,18H,11-12H2,1-4H3. The Balaban J connectivity index is 2.05. The van der Waals surface area contributed by atoms with Gasteiger partial charge < -0.3 is 4.90 Å². The van der Waals surface area contributed by atoms with Crippen molar-refractivity contribution >= 4 is 15.7 Å². The minimum absolute atomic E-state index is 0.142. The lowest BCUT2D eigenvalue weighted by Gasteiger charge is -2.18. The van der Waals surface area contributed by atoms with Crippen LogP contribution in [0, 0.1) is 12.8 Å². The van der Waals surface area contributed by atoms with E-state index in [4.69, 9.17) is 0 Å². The van der Waals surface area contributed by atoms with Crippen LogP contribution in [-0.4, -0.2) is 38.8 Å². The van der Waals surface area contributed by atoms with Crippen LogP contribution in [0.4, 0.5) is 5.69 Å². The van der Waals surface area contributed by atoms with Gasteiger partial charge in [0, 0.05) is 45.3 Å². The Morgan fingerprint density at radius 3 is 2.70 bits per heavy atom. The van der Waals surface area contributed by atoms with E-state index in [0.717, 1.165) is 11.3 Å². The van der Waals surface area contributed by atoms with E-state index in [2.05, 4.69) is 9.82 Å². The van der Waals surface area contributed by atoms with Crippen LogP contribution in [0.5, 0.6) is 0 Å². The molecule has 23 heavy (non-hydrogen) atoms. The molecule has 1 N–H and O–H groups in total. The third-order valence-electron chi connectivity index (χ3n) is 3.65. The highest BCUT2D eigenvalue weighted by Gasteiger charge is 2.17. The Labute approximate surface area is 138 Å². The van der Waals surface area contributed by atoms with Crippen LogP contribution in [0.2, 0.25) is 0 Å². The number of benzene rings is 1. The lowest BCUT2D eigenvalue weighted by molar-refractivity contribution is 0.443. The van der Waals surface area contributed by atoms with E-state index in [1.807, 2.05) is 51.2 Å². The maximum absolute atomic E-state index is 12.5. The van der Waals surface area contributed by atoms with E-state index in [-0.39, 0.29) is 10.8 Å². The molecule has 0 aliphatic heterocycles. The van der Waals surface area contributed by atoms with Crippen molar-refractivity contribution in [2.45, 2.75) is 25.3 Å². The molecule has 2 aromatic rings. The van der Waals surface area contributed by atoms with Crippen molar-refractivity contribution in [3.05, 3.63) is 42.2 Å². The summed E-state index contributed by atoms with van der Waals surface area (Å²) in [5, 5.41) is 4.13. The van der Waals surface area contributed by atoms with E-state index in [1.54, 1.807) is 23.0 Å². The van der Waals surface area contributed by atoms with Crippen molar-refractivity contribution in [1.29, 1.82) is 0 Å². The molecular weight excluding hydrogens is 312 g/mol. The molecular formula is C16H24N4O2S. The molecule has 0 bridgehead atoms. The number of rotatable bonds is 7. The molecule has 2 rings (SSSR count). The maximum Gasteiger partial charge on any atom is 0.240 e. The number of hydrogen-bond acceptors (Lipinski definition) is 4. The number of aryl methyl sites for hydroxylation is 1. The first kappa shape index (κ1) is 17.5. The van der Waals surface area contributed by atoms with Gasteiger partial charge in [0.1, 0.15) is 0 Å². The van der Waals surface area contributed by atoms with E-state index in [9.17, 15) is 8.42 Å². The Morgan fingerprint density at radius 2 is 2.09 bits per heavy atom. The molecule has 0 amide bonds. The summed E-state index contributed by atoms with van der Waals surface area (Å²) < 4.78 is 29.4. The quantitative estimate of drug-likeness (QED) is 0.838. The second-order valence-electron chi connectivity index (χ2n) is 6.03. The Morgan fingerprint density at radius 1 is 1.35 bits per heavy atom. The van der Waals surface area contributed by atoms with E-state index in [0.29, 0.717) is 13.1 Å². The van der Waals surface area contributed by atoms with Crippen LogP contribution in [0.3, 0.4) is 0 Å². The van der Waals surface area contributed by atoms with Gasteiger partial charge in [-0.15, -0.1) is 0 Å². The van der Waals surface area contributed by atoms with Crippen molar-refractivity contribution < 1.29 is 8.42 Å². The zero-order chi connectivity index (χ0) is 17.0. The van der Waals surface area contributed by atoms with E-state index < -0.39 is 10.0 Å². The van der Waals surface area contributed by atoms with Crippen LogP contribution < -0.4 is 9.62 Å². The summed E-state index contributed by atoms with van der Waals surface area (Å²) in [5.74, 6) is 0.142. The number of aromatic nitrogens is 2.